The van der Waals surface area contributed by atoms with E-state index in [0.29, 0.717) is 41.8 Å². The van der Waals surface area contributed by atoms with Gasteiger partial charge in [-0.3, -0.25) is 4.79 Å². The number of rotatable bonds is 4. The second kappa shape index (κ2) is 6.12. The van der Waals surface area contributed by atoms with Crippen molar-refractivity contribution < 1.29 is 19.4 Å². The largest absolute Gasteiger partial charge is 0.486 e. The van der Waals surface area contributed by atoms with Crippen LogP contribution in [0.5, 0.6) is 11.5 Å². The number of carbonyl (C=O) groups is 1. The maximum Gasteiger partial charge on any atom is 0.224 e. The number of nitrogens with one attached hydrogen (secondary N) is 1. The summed E-state index contributed by atoms with van der Waals surface area (Å²) in [6, 6.07) is 3.28. The molecule has 1 unspecified atom stereocenters. The van der Waals surface area contributed by atoms with Crippen molar-refractivity contribution in [2.24, 2.45) is 0 Å². The number of carbonyl (C=O) groups excluding carboxylic acids is 1. The van der Waals surface area contributed by atoms with Crippen LogP contribution in [0, 0.1) is 0 Å². The number of benzene rings is 1. The van der Waals surface area contributed by atoms with Gasteiger partial charge in [-0.05, 0) is 13.3 Å². The first-order valence-corrected chi connectivity index (χ1v) is 6.51. The topological polar surface area (TPSA) is 67.8 Å². The maximum atomic E-state index is 11.7. The lowest BCUT2D eigenvalue weighted by atomic mass is 10.2. The van der Waals surface area contributed by atoms with Crippen molar-refractivity contribution in [1.29, 1.82) is 0 Å². The van der Waals surface area contributed by atoms with Gasteiger partial charge in [0.2, 0.25) is 5.91 Å². The van der Waals surface area contributed by atoms with E-state index in [0.717, 1.165) is 0 Å². The van der Waals surface area contributed by atoms with Crippen LogP contribution in [0.4, 0.5) is 5.69 Å². The zero-order valence-electron chi connectivity index (χ0n) is 10.6. The van der Waals surface area contributed by atoms with E-state index >= 15 is 0 Å². The molecule has 1 aliphatic heterocycles. The van der Waals surface area contributed by atoms with Gasteiger partial charge in [0, 0.05) is 18.6 Å². The second-order valence-electron chi connectivity index (χ2n) is 4.41. The van der Waals surface area contributed by atoms with E-state index in [2.05, 4.69) is 5.32 Å². The number of hydrogen-bond donors (Lipinski definition) is 2. The van der Waals surface area contributed by atoms with Crippen molar-refractivity contribution in [3.05, 3.63) is 17.2 Å². The number of anilines is 1. The summed E-state index contributed by atoms with van der Waals surface area (Å²) in [6.45, 7) is 2.61. The van der Waals surface area contributed by atoms with Gasteiger partial charge in [-0.15, -0.1) is 0 Å². The zero-order chi connectivity index (χ0) is 13.8. The highest BCUT2D eigenvalue weighted by Gasteiger charge is 2.16. The second-order valence-corrected chi connectivity index (χ2v) is 4.82. The molecule has 1 aromatic carbocycles. The molecule has 0 radical (unpaired) electrons. The third-order valence-electron chi connectivity index (χ3n) is 2.70. The first kappa shape index (κ1) is 14.0. The molecule has 1 heterocycles. The molecular formula is C13H16ClNO4. The number of halogens is 1. The van der Waals surface area contributed by atoms with Gasteiger partial charge < -0.3 is 19.9 Å². The Balaban J connectivity index is 2.05. The van der Waals surface area contributed by atoms with Gasteiger partial charge in [-0.1, -0.05) is 11.6 Å². The van der Waals surface area contributed by atoms with Crippen LogP contribution in [0.3, 0.4) is 0 Å². The van der Waals surface area contributed by atoms with Gasteiger partial charge in [0.15, 0.2) is 11.5 Å². The molecule has 0 aromatic heterocycles. The number of ether oxygens (including phenoxy) is 2. The summed E-state index contributed by atoms with van der Waals surface area (Å²) in [5.74, 6) is 0.958. The molecule has 0 fully saturated rings. The summed E-state index contributed by atoms with van der Waals surface area (Å²) < 4.78 is 10.8. The van der Waals surface area contributed by atoms with Crippen molar-refractivity contribution in [1.82, 2.24) is 0 Å². The molecular weight excluding hydrogens is 270 g/mol. The number of aliphatic hydroxyl groups excluding tert-OH is 1. The number of fused-ring (bicyclic) bond motifs is 1. The summed E-state index contributed by atoms with van der Waals surface area (Å²) >= 11 is 6.07. The lowest BCUT2D eigenvalue weighted by molar-refractivity contribution is -0.116. The summed E-state index contributed by atoms with van der Waals surface area (Å²) in [5.41, 5.74) is 0.488. The normalized spacial score (nSPS) is 14.9. The van der Waals surface area contributed by atoms with E-state index in [4.69, 9.17) is 26.2 Å². The maximum absolute atomic E-state index is 11.7. The Hall–Kier alpha value is -1.46. The van der Waals surface area contributed by atoms with Crippen LogP contribution >= 0.6 is 11.6 Å². The molecule has 1 aliphatic rings. The van der Waals surface area contributed by atoms with Crippen LogP contribution in [-0.4, -0.2) is 30.3 Å². The molecule has 1 aromatic rings. The molecule has 0 saturated carbocycles. The van der Waals surface area contributed by atoms with E-state index in [9.17, 15) is 4.79 Å². The molecule has 6 heteroatoms. The van der Waals surface area contributed by atoms with E-state index < -0.39 is 6.10 Å². The molecule has 5 nitrogen and oxygen atoms in total. The van der Waals surface area contributed by atoms with Crippen LogP contribution in [0.15, 0.2) is 12.1 Å². The lowest BCUT2D eigenvalue weighted by Gasteiger charge is -2.20. The minimum absolute atomic E-state index is 0.195. The molecule has 19 heavy (non-hydrogen) atoms. The highest BCUT2D eigenvalue weighted by atomic mass is 35.5. The van der Waals surface area contributed by atoms with E-state index in [1.54, 1.807) is 19.1 Å². The quantitative estimate of drug-likeness (QED) is 0.890. The Bertz CT molecular complexity index is 476. The molecule has 2 N–H and O–H groups in total. The van der Waals surface area contributed by atoms with E-state index in [1.807, 2.05) is 0 Å². The Morgan fingerprint density at radius 2 is 2.05 bits per heavy atom. The van der Waals surface area contributed by atoms with Gasteiger partial charge in [0.25, 0.3) is 0 Å². The molecule has 104 valence electrons. The SMILES string of the molecule is CC(O)CCC(=O)Nc1cc2c(cc1Cl)OCCO2. The van der Waals surface area contributed by atoms with Gasteiger partial charge in [-0.2, -0.15) is 0 Å². The smallest absolute Gasteiger partial charge is 0.224 e. The molecule has 1 atom stereocenters. The Kier molecular flexibility index (Phi) is 4.50. The average molecular weight is 286 g/mol. The van der Waals surface area contributed by atoms with Crippen molar-refractivity contribution in [2.75, 3.05) is 18.5 Å². The third kappa shape index (κ3) is 3.75. The first-order chi connectivity index (χ1) is 9.06. The average Bonchev–Trinajstić information content (AvgIpc) is 2.37. The number of aliphatic hydroxyl groups is 1. The fourth-order valence-corrected chi connectivity index (χ4v) is 1.91. The molecule has 2 rings (SSSR count). The van der Waals surface area contributed by atoms with Crippen LogP contribution in [0.2, 0.25) is 5.02 Å². The molecule has 0 spiro atoms. The number of hydrogen-bond acceptors (Lipinski definition) is 4. The van der Waals surface area contributed by atoms with Gasteiger partial charge >= 0.3 is 0 Å². The fourth-order valence-electron chi connectivity index (χ4n) is 1.71. The monoisotopic (exact) mass is 285 g/mol. The van der Waals surface area contributed by atoms with E-state index in [1.165, 1.54) is 0 Å². The Morgan fingerprint density at radius 3 is 2.68 bits per heavy atom. The Labute approximate surface area is 116 Å². The first-order valence-electron chi connectivity index (χ1n) is 6.13. The van der Waals surface area contributed by atoms with Crippen molar-refractivity contribution in [3.63, 3.8) is 0 Å². The predicted molar refractivity (Wildman–Crippen MR) is 72.0 cm³/mol. The summed E-state index contributed by atoms with van der Waals surface area (Å²) in [4.78, 5) is 11.7. The minimum atomic E-state index is -0.499. The molecule has 0 bridgehead atoms. The number of amides is 1. The molecule has 0 aliphatic carbocycles. The third-order valence-corrected chi connectivity index (χ3v) is 3.01. The van der Waals surface area contributed by atoms with Crippen molar-refractivity contribution >= 4 is 23.2 Å². The van der Waals surface area contributed by atoms with Gasteiger partial charge in [-0.25, -0.2) is 0 Å². The standard InChI is InChI=1S/C13H16ClNO4/c1-8(16)2-3-13(17)15-10-7-12-11(6-9(10)14)18-4-5-19-12/h6-8,16H,2-5H2,1H3,(H,15,17). The summed E-state index contributed by atoms with van der Waals surface area (Å²) in [6.07, 6.45) is 0.151. The van der Waals surface area contributed by atoms with Crippen LogP contribution in [0.1, 0.15) is 19.8 Å². The minimum Gasteiger partial charge on any atom is -0.486 e. The van der Waals surface area contributed by atoms with Crippen LogP contribution in [0.25, 0.3) is 0 Å². The van der Waals surface area contributed by atoms with Crippen LogP contribution in [-0.2, 0) is 4.79 Å². The summed E-state index contributed by atoms with van der Waals surface area (Å²) in [7, 11) is 0. The van der Waals surface area contributed by atoms with Crippen molar-refractivity contribution in [3.8, 4) is 11.5 Å². The highest BCUT2D eigenvalue weighted by molar-refractivity contribution is 6.34. The molecule has 0 saturated heterocycles. The summed E-state index contributed by atoms with van der Waals surface area (Å²) in [5, 5.41) is 12.2. The van der Waals surface area contributed by atoms with E-state index in [-0.39, 0.29) is 12.3 Å². The predicted octanol–water partition coefficient (Wildman–Crippen LogP) is 2.21. The van der Waals surface area contributed by atoms with Gasteiger partial charge in [0.1, 0.15) is 13.2 Å². The highest BCUT2D eigenvalue weighted by Crippen LogP contribution is 2.37. The fraction of sp³-hybridized carbons (Fsp3) is 0.462. The zero-order valence-corrected chi connectivity index (χ0v) is 11.4. The Morgan fingerprint density at radius 1 is 1.42 bits per heavy atom. The van der Waals surface area contributed by atoms with Crippen molar-refractivity contribution in [2.45, 2.75) is 25.9 Å². The molecule has 1 amide bonds. The lowest BCUT2D eigenvalue weighted by Crippen LogP contribution is -2.17. The van der Waals surface area contributed by atoms with Crippen LogP contribution < -0.4 is 14.8 Å². The van der Waals surface area contributed by atoms with Gasteiger partial charge in [0.05, 0.1) is 16.8 Å².